The van der Waals surface area contributed by atoms with Crippen LogP contribution in [0.1, 0.15) is 20.2 Å². The van der Waals surface area contributed by atoms with Crippen molar-refractivity contribution in [2.75, 3.05) is 6.54 Å². The van der Waals surface area contributed by atoms with Crippen LogP contribution in [0, 0.1) is 24.4 Å². The summed E-state index contributed by atoms with van der Waals surface area (Å²) in [7, 11) is 0. The third-order valence-corrected chi connectivity index (χ3v) is 3.58. The van der Waals surface area contributed by atoms with Crippen molar-refractivity contribution < 1.29 is 18.0 Å². The molecule has 3 nitrogen and oxygen atoms in total. The molecule has 0 saturated heterocycles. The summed E-state index contributed by atoms with van der Waals surface area (Å²) >= 11 is 1.50. The van der Waals surface area contributed by atoms with Gasteiger partial charge in [0.05, 0.1) is 10.6 Å². The van der Waals surface area contributed by atoms with Gasteiger partial charge in [-0.1, -0.05) is 0 Å². The fourth-order valence-electron chi connectivity index (χ4n) is 1.62. The van der Waals surface area contributed by atoms with Crippen molar-refractivity contribution in [3.05, 3.63) is 51.2 Å². The van der Waals surface area contributed by atoms with Gasteiger partial charge in [-0.3, -0.25) is 4.79 Å². The van der Waals surface area contributed by atoms with E-state index in [2.05, 4.69) is 10.3 Å². The molecule has 0 unspecified atom stereocenters. The zero-order valence-corrected chi connectivity index (χ0v) is 11.4. The van der Waals surface area contributed by atoms with Crippen molar-refractivity contribution in [1.82, 2.24) is 10.3 Å². The molecule has 1 heterocycles. The van der Waals surface area contributed by atoms with Crippen LogP contribution in [-0.4, -0.2) is 17.4 Å². The van der Waals surface area contributed by atoms with Gasteiger partial charge in [-0.05, 0) is 19.1 Å². The molecule has 7 heteroatoms. The maximum absolute atomic E-state index is 13.4. The number of rotatable bonds is 4. The van der Waals surface area contributed by atoms with Crippen molar-refractivity contribution in [1.29, 1.82) is 0 Å². The van der Waals surface area contributed by atoms with E-state index < -0.39 is 28.9 Å². The third-order valence-electron chi connectivity index (χ3n) is 2.61. The van der Waals surface area contributed by atoms with Crippen LogP contribution in [0.4, 0.5) is 13.2 Å². The molecule has 0 saturated carbocycles. The van der Waals surface area contributed by atoms with E-state index in [0.29, 0.717) is 6.42 Å². The largest absolute Gasteiger partial charge is 0.352 e. The second-order valence-corrected chi connectivity index (χ2v) is 5.39. The Morgan fingerprint density at radius 2 is 2.05 bits per heavy atom. The molecule has 0 atom stereocenters. The first-order valence-corrected chi connectivity index (χ1v) is 6.63. The molecule has 0 spiro atoms. The van der Waals surface area contributed by atoms with Crippen LogP contribution in [-0.2, 0) is 6.42 Å². The molecule has 1 N–H and O–H groups in total. The summed E-state index contributed by atoms with van der Waals surface area (Å²) in [5.74, 6) is -5.21. The van der Waals surface area contributed by atoms with Crippen LogP contribution in [0.3, 0.4) is 0 Å². The van der Waals surface area contributed by atoms with Crippen molar-refractivity contribution in [2.45, 2.75) is 13.3 Å². The van der Waals surface area contributed by atoms with Gasteiger partial charge in [0.2, 0.25) is 0 Å². The van der Waals surface area contributed by atoms with Crippen LogP contribution in [0.2, 0.25) is 0 Å². The lowest BCUT2D eigenvalue weighted by molar-refractivity contribution is 0.0949. The number of nitrogens with zero attached hydrogens (tertiary/aromatic N) is 1. The molecule has 0 aliphatic carbocycles. The molecule has 0 radical (unpaired) electrons. The normalized spacial score (nSPS) is 10.6. The number of aromatic nitrogens is 1. The van der Waals surface area contributed by atoms with Crippen LogP contribution in [0.15, 0.2) is 18.3 Å². The number of halogens is 3. The van der Waals surface area contributed by atoms with Gasteiger partial charge in [0.1, 0.15) is 0 Å². The number of aryl methyl sites for hydroxylation is 1. The standard InChI is InChI=1S/C13H11F3N2OS/c1-7-18-6-8(20-7)4-5-17-13(19)9-2-3-10(14)12(16)11(9)15/h2-3,6H,4-5H2,1H3,(H,17,19). The monoisotopic (exact) mass is 300 g/mol. The number of thiazole rings is 1. The molecule has 0 bridgehead atoms. The summed E-state index contributed by atoms with van der Waals surface area (Å²) in [5.41, 5.74) is -0.510. The highest BCUT2D eigenvalue weighted by atomic mass is 32.1. The highest BCUT2D eigenvalue weighted by molar-refractivity contribution is 7.11. The van der Waals surface area contributed by atoms with Gasteiger partial charge in [-0.25, -0.2) is 18.2 Å². The van der Waals surface area contributed by atoms with Crippen molar-refractivity contribution >= 4 is 17.2 Å². The number of amides is 1. The summed E-state index contributed by atoms with van der Waals surface area (Å²) in [6.07, 6.45) is 2.24. The minimum absolute atomic E-state index is 0.263. The Kier molecular flexibility index (Phi) is 4.39. The summed E-state index contributed by atoms with van der Waals surface area (Å²) in [4.78, 5) is 16.7. The SMILES string of the molecule is Cc1ncc(CCNC(=O)c2ccc(F)c(F)c2F)s1. The minimum Gasteiger partial charge on any atom is -0.352 e. The van der Waals surface area contributed by atoms with Gasteiger partial charge in [0.15, 0.2) is 17.5 Å². The first kappa shape index (κ1) is 14.5. The smallest absolute Gasteiger partial charge is 0.254 e. The average molecular weight is 300 g/mol. The highest BCUT2D eigenvalue weighted by Gasteiger charge is 2.18. The van der Waals surface area contributed by atoms with E-state index in [1.807, 2.05) is 6.92 Å². The first-order chi connectivity index (χ1) is 9.49. The lowest BCUT2D eigenvalue weighted by atomic mass is 10.2. The number of benzene rings is 1. The molecule has 0 aliphatic rings. The molecule has 1 amide bonds. The van der Waals surface area contributed by atoms with Crippen LogP contribution < -0.4 is 5.32 Å². The molecule has 1 aromatic heterocycles. The predicted molar refractivity (Wildman–Crippen MR) is 69.2 cm³/mol. The number of nitrogens with one attached hydrogen (secondary N) is 1. The molecular formula is C13H11F3N2OS. The van der Waals surface area contributed by atoms with Crippen molar-refractivity contribution in [3.63, 3.8) is 0 Å². The van der Waals surface area contributed by atoms with Crippen LogP contribution >= 0.6 is 11.3 Å². The topological polar surface area (TPSA) is 42.0 Å². The van der Waals surface area contributed by atoms with Gasteiger partial charge >= 0.3 is 0 Å². The maximum atomic E-state index is 13.4. The molecule has 0 fully saturated rings. The van der Waals surface area contributed by atoms with Crippen LogP contribution in [0.5, 0.6) is 0 Å². The van der Waals surface area contributed by atoms with Crippen molar-refractivity contribution in [2.24, 2.45) is 0 Å². The third kappa shape index (κ3) is 3.16. The molecule has 0 aliphatic heterocycles. The summed E-state index contributed by atoms with van der Waals surface area (Å²) < 4.78 is 39.1. The van der Waals surface area contributed by atoms with E-state index in [-0.39, 0.29) is 6.54 Å². The summed E-state index contributed by atoms with van der Waals surface area (Å²) in [5, 5.41) is 3.37. The predicted octanol–water partition coefficient (Wildman–Crippen LogP) is 2.84. The molecule has 2 rings (SSSR count). The van der Waals surface area contributed by atoms with Gasteiger partial charge in [-0.15, -0.1) is 11.3 Å². The number of hydrogen-bond donors (Lipinski definition) is 1. The molecular weight excluding hydrogens is 289 g/mol. The van der Waals surface area contributed by atoms with E-state index in [1.165, 1.54) is 11.3 Å². The fourth-order valence-corrected chi connectivity index (χ4v) is 2.41. The van der Waals surface area contributed by atoms with Crippen LogP contribution in [0.25, 0.3) is 0 Å². The van der Waals surface area contributed by atoms with Gasteiger partial charge in [0.25, 0.3) is 5.91 Å². The molecule has 1 aromatic carbocycles. The zero-order chi connectivity index (χ0) is 14.7. The van der Waals surface area contributed by atoms with Crippen molar-refractivity contribution in [3.8, 4) is 0 Å². The Morgan fingerprint density at radius 3 is 2.70 bits per heavy atom. The van der Waals surface area contributed by atoms with E-state index in [1.54, 1.807) is 6.20 Å². The average Bonchev–Trinajstić information content (AvgIpc) is 2.82. The Morgan fingerprint density at radius 1 is 1.30 bits per heavy atom. The van der Waals surface area contributed by atoms with E-state index >= 15 is 0 Å². The van der Waals surface area contributed by atoms with Gasteiger partial charge < -0.3 is 5.32 Å². The molecule has 106 valence electrons. The summed E-state index contributed by atoms with van der Waals surface area (Å²) in [6.45, 7) is 2.13. The quantitative estimate of drug-likeness (QED) is 0.882. The first-order valence-electron chi connectivity index (χ1n) is 5.82. The number of carbonyl (C=O) groups excluding carboxylic acids is 1. The fraction of sp³-hybridized carbons (Fsp3) is 0.231. The Balaban J connectivity index is 1.97. The van der Waals surface area contributed by atoms with Gasteiger partial charge in [0, 0.05) is 24.0 Å². The minimum atomic E-state index is -1.64. The maximum Gasteiger partial charge on any atom is 0.254 e. The summed E-state index contributed by atoms with van der Waals surface area (Å²) in [6, 6.07) is 1.64. The lowest BCUT2D eigenvalue weighted by Gasteiger charge is -2.06. The van der Waals surface area contributed by atoms with Gasteiger partial charge in [-0.2, -0.15) is 0 Å². The van der Waals surface area contributed by atoms with E-state index in [9.17, 15) is 18.0 Å². The zero-order valence-electron chi connectivity index (χ0n) is 10.5. The van der Waals surface area contributed by atoms with E-state index in [4.69, 9.17) is 0 Å². The molecule has 20 heavy (non-hydrogen) atoms. The second kappa shape index (κ2) is 6.04. The number of carbonyl (C=O) groups is 1. The lowest BCUT2D eigenvalue weighted by Crippen LogP contribution is -2.26. The highest BCUT2D eigenvalue weighted by Crippen LogP contribution is 2.15. The Hall–Kier alpha value is -1.89. The second-order valence-electron chi connectivity index (χ2n) is 4.07. The Labute approximate surface area is 117 Å². The molecule has 2 aromatic rings. The Bertz CT molecular complexity index is 643. The van der Waals surface area contributed by atoms with E-state index in [0.717, 1.165) is 22.0 Å². The number of hydrogen-bond acceptors (Lipinski definition) is 3.